The first-order chi connectivity index (χ1) is 13.5. The lowest BCUT2D eigenvalue weighted by Gasteiger charge is -2.22. The lowest BCUT2D eigenvalue weighted by atomic mass is 9.94. The van der Waals surface area contributed by atoms with E-state index in [0.29, 0.717) is 6.42 Å². The van der Waals surface area contributed by atoms with Crippen molar-refractivity contribution in [2.45, 2.75) is 32.7 Å². The number of rotatable bonds is 7. The quantitative estimate of drug-likeness (QED) is 0.721. The maximum atomic E-state index is 12.6. The molecule has 1 atom stereocenters. The molecule has 1 aromatic heterocycles. The van der Waals surface area contributed by atoms with E-state index in [2.05, 4.69) is 21.7 Å². The zero-order valence-electron chi connectivity index (χ0n) is 16.1. The van der Waals surface area contributed by atoms with Crippen LogP contribution in [0.1, 0.15) is 41.1 Å². The third kappa shape index (κ3) is 4.54. The Hall–Kier alpha value is -3.22. The Morgan fingerprint density at radius 2 is 1.96 bits per heavy atom. The van der Waals surface area contributed by atoms with E-state index >= 15 is 0 Å². The van der Waals surface area contributed by atoms with E-state index in [9.17, 15) is 14.4 Å². The zero-order chi connectivity index (χ0) is 20.1. The van der Waals surface area contributed by atoms with E-state index in [0.717, 1.165) is 27.2 Å². The van der Waals surface area contributed by atoms with Crippen LogP contribution in [-0.4, -0.2) is 40.8 Å². The molecule has 1 saturated heterocycles. The molecule has 0 spiro atoms. The number of benzene rings is 1. The van der Waals surface area contributed by atoms with Crippen LogP contribution in [0.25, 0.3) is 0 Å². The van der Waals surface area contributed by atoms with Gasteiger partial charge in [0.05, 0.1) is 12.6 Å². The first-order valence-electron chi connectivity index (χ1n) is 9.30. The van der Waals surface area contributed by atoms with Crippen molar-refractivity contribution in [3.63, 3.8) is 0 Å². The van der Waals surface area contributed by atoms with E-state index in [1.165, 1.54) is 0 Å². The average molecular weight is 380 g/mol. The van der Waals surface area contributed by atoms with Gasteiger partial charge in [-0.05, 0) is 49.1 Å². The minimum Gasteiger partial charge on any atom is -0.345 e. The third-order valence-corrected chi connectivity index (χ3v) is 4.81. The predicted molar refractivity (Wildman–Crippen MR) is 104 cm³/mol. The van der Waals surface area contributed by atoms with Gasteiger partial charge in [-0.2, -0.15) is 0 Å². The highest BCUT2D eigenvalue weighted by atomic mass is 16.2. The van der Waals surface area contributed by atoms with Crippen molar-refractivity contribution < 1.29 is 14.4 Å². The molecule has 0 radical (unpaired) electrons. The van der Waals surface area contributed by atoms with Crippen molar-refractivity contribution in [3.8, 4) is 0 Å². The Morgan fingerprint density at radius 3 is 2.64 bits per heavy atom. The van der Waals surface area contributed by atoms with Gasteiger partial charge in [-0.15, -0.1) is 0 Å². The molecular weight excluding hydrogens is 356 g/mol. The normalized spacial score (nSPS) is 14.7. The van der Waals surface area contributed by atoms with Gasteiger partial charge < -0.3 is 10.6 Å². The molecule has 1 aliphatic rings. The second-order valence-corrected chi connectivity index (χ2v) is 6.95. The zero-order valence-corrected chi connectivity index (χ0v) is 16.1. The summed E-state index contributed by atoms with van der Waals surface area (Å²) in [6.07, 6.45) is 4.05. The first-order valence-corrected chi connectivity index (χ1v) is 9.30. The summed E-state index contributed by atoms with van der Waals surface area (Å²) < 4.78 is 0. The van der Waals surface area contributed by atoms with Crippen LogP contribution in [0.5, 0.6) is 0 Å². The van der Waals surface area contributed by atoms with Crippen LogP contribution in [0.3, 0.4) is 0 Å². The number of aromatic nitrogens is 1. The van der Waals surface area contributed by atoms with E-state index < -0.39 is 6.03 Å². The lowest BCUT2D eigenvalue weighted by Crippen LogP contribution is -2.34. The van der Waals surface area contributed by atoms with Gasteiger partial charge >= 0.3 is 6.03 Å². The summed E-state index contributed by atoms with van der Waals surface area (Å²) in [6.45, 7) is 4.31. The Balaban J connectivity index is 1.69. The highest BCUT2D eigenvalue weighted by Crippen LogP contribution is 2.26. The fourth-order valence-corrected chi connectivity index (χ4v) is 3.28. The number of nitrogens with one attached hydrogen (secondary N) is 2. The first kappa shape index (κ1) is 19.5. The van der Waals surface area contributed by atoms with Crippen LogP contribution in [-0.2, 0) is 9.59 Å². The molecule has 28 heavy (non-hydrogen) atoms. The van der Waals surface area contributed by atoms with E-state index in [-0.39, 0.29) is 37.4 Å². The predicted octanol–water partition coefficient (Wildman–Crippen LogP) is 2.24. The number of amides is 4. The van der Waals surface area contributed by atoms with Gasteiger partial charge in [0, 0.05) is 25.4 Å². The average Bonchev–Trinajstić information content (AvgIpc) is 3.01. The largest absolute Gasteiger partial charge is 0.345 e. The number of aryl methyl sites for hydroxylation is 2. The molecular formula is C21H24N4O3. The maximum absolute atomic E-state index is 12.6. The topological polar surface area (TPSA) is 91.4 Å². The molecule has 2 N–H and O–H groups in total. The Morgan fingerprint density at radius 1 is 1.21 bits per heavy atom. The highest BCUT2D eigenvalue weighted by molar-refractivity contribution is 6.01. The fraction of sp³-hybridized carbons (Fsp3) is 0.333. The number of hydrogen-bond donors (Lipinski definition) is 2. The van der Waals surface area contributed by atoms with Crippen LogP contribution >= 0.6 is 0 Å². The van der Waals surface area contributed by atoms with Crippen molar-refractivity contribution in [1.82, 2.24) is 20.5 Å². The number of carbonyl (C=O) groups is 3. The summed E-state index contributed by atoms with van der Waals surface area (Å²) in [7, 11) is 0. The summed E-state index contributed by atoms with van der Waals surface area (Å²) in [5.74, 6) is -0.384. The second kappa shape index (κ2) is 8.65. The Kier molecular flexibility index (Phi) is 6.03. The van der Waals surface area contributed by atoms with Gasteiger partial charge in [-0.3, -0.25) is 19.5 Å². The summed E-state index contributed by atoms with van der Waals surface area (Å²) in [4.78, 5) is 41.0. The lowest BCUT2D eigenvalue weighted by molar-refractivity contribution is -0.126. The minimum atomic E-state index is -0.393. The third-order valence-electron chi connectivity index (χ3n) is 4.81. The number of hydrogen-bond acceptors (Lipinski definition) is 4. The molecule has 2 aromatic rings. The second-order valence-electron chi connectivity index (χ2n) is 6.95. The molecule has 146 valence electrons. The summed E-state index contributed by atoms with van der Waals surface area (Å²) in [5.41, 5.74) is 4.19. The SMILES string of the molecule is Cc1ccc(C)c([C@H](NC(=O)CCCN2C(=O)CNC2=O)c2ccncc2)c1. The molecule has 7 nitrogen and oxygen atoms in total. The van der Waals surface area contributed by atoms with Crippen molar-refractivity contribution in [3.05, 3.63) is 65.0 Å². The molecule has 7 heteroatoms. The fourth-order valence-electron chi connectivity index (χ4n) is 3.28. The van der Waals surface area contributed by atoms with E-state index in [4.69, 9.17) is 0 Å². The van der Waals surface area contributed by atoms with Gasteiger partial charge in [0.2, 0.25) is 11.8 Å². The molecule has 3 rings (SSSR count). The monoisotopic (exact) mass is 380 g/mol. The molecule has 2 heterocycles. The van der Waals surface area contributed by atoms with Gasteiger partial charge in [0.25, 0.3) is 0 Å². The Labute approximate surface area is 164 Å². The molecule has 1 aromatic carbocycles. The molecule has 0 bridgehead atoms. The van der Waals surface area contributed by atoms with Crippen LogP contribution in [0.4, 0.5) is 4.79 Å². The van der Waals surface area contributed by atoms with Crippen molar-refractivity contribution in [1.29, 1.82) is 0 Å². The summed E-state index contributed by atoms with van der Waals surface area (Å²) in [5, 5.41) is 5.57. The van der Waals surface area contributed by atoms with Gasteiger partial charge in [-0.25, -0.2) is 4.79 Å². The van der Waals surface area contributed by atoms with E-state index in [1.54, 1.807) is 12.4 Å². The van der Waals surface area contributed by atoms with Crippen molar-refractivity contribution >= 4 is 17.8 Å². The van der Waals surface area contributed by atoms with Gasteiger partial charge in [-0.1, -0.05) is 23.8 Å². The van der Waals surface area contributed by atoms with Crippen LogP contribution in [0, 0.1) is 13.8 Å². The molecule has 0 aliphatic carbocycles. The number of imide groups is 1. The molecule has 1 aliphatic heterocycles. The van der Waals surface area contributed by atoms with Gasteiger partial charge in [0.1, 0.15) is 0 Å². The number of carbonyl (C=O) groups excluding carboxylic acids is 3. The van der Waals surface area contributed by atoms with E-state index in [1.807, 2.05) is 38.1 Å². The van der Waals surface area contributed by atoms with Gasteiger partial charge in [0.15, 0.2) is 0 Å². The smallest absolute Gasteiger partial charge is 0.324 e. The molecule has 0 saturated carbocycles. The number of pyridine rings is 1. The van der Waals surface area contributed by atoms with Crippen LogP contribution < -0.4 is 10.6 Å². The molecule has 1 fully saturated rings. The summed E-state index contributed by atoms with van der Waals surface area (Å²) >= 11 is 0. The van der Waals surface area contributed by atoms with Crippen molar-refractivity contribution in [2.24, 2.45) is 0 Å². The summed E-state index contributed by atoms with van der Waals surface area (Å²) in [6, 6.07) is 9.27. The number of urea groups is 1. The van der Waals surface area contributed by atoms with Crippen LogP contribution in [0.15, 0.2) is 42.7 Å². The standard InChI is InChI=1S/C21H24N4O3/c1-14-5-6-15(2)17(12-14)20(16-7-9-22-10-8-16)24-18(26)4-3-11-25-19(27)13-23-21(25)28/h5-10,12,20H,3-4,11,13H2,1-2H3,(H,23,28)(H,24,26)/t20-/m1/s1. The molecule has 4 amide bonds. The highest BCUT2D eigenvalue weighted by Gasteiger charge is 2.28. The minimum absolute atomic E-state index is 0.0295. The molecule has 0 unspecified atom stereocenters. The van der Waals surface area contributed by atoms with Crippen molar-refractivity contribution in [2.75, 3.05) is 13.1 Å². The number of nitrogens with zero attached hydrogens (tertiary/aromatic N) is 2. The maximum Gasteiger partial charge on any atom is 0.324 e. The Bertz CT molecular complexity index is 866. The van der Waals surface area contributed by atoms with Crippen LogP contribution in [0.2, 0.25) is 0 Å².